The van der Waals surface area contributed by atoms with Gasteiger partial charge in [-0.15, -0.1) is 5.10 Å². The first-order valence-electron chi connectivity index (χ1n) is 13.3. The molecular formula is C30H35N7O3. The van der Waals surface area contributed by atoms with Crippen molar-refractivity contribution in [1.29, 1.82) is 5.26 Å². The largest absolute Gasteiger partial charge is 0.343 e. The lowest BCUT2D eigenvalue weighted by Gasteiger charge is -2.31. The van der Waals surface area contributed by atoms with Crippen LogP contribution in [0.4, 0.5) is 10.5 Å². The number of aromatic nitrogens is 4. The highest BCUT2D eigenvalue weighted by Crippen LogP contribution is 2.22. The average Bonchev–Trinajstić information content (AvgIpc) is 3.39. The number of pyridine rings is 1. The molecule has 0 bridgehead atoms. The van der Waals surface area contributed by atoms with Gasteiger partial charge in [-0.05, 0) is 49.6 Å². The van der Waals surface area contributed by atoms with Crippen LogP contribution in [0.2, 0.25) is 0 Å². The van der Waals surface area contributed by atoms with Crippen molar-refractivity contribution >= 4 is 11.7 Å². The molecule has 0 aliphatic carbocycles. The summed E-state index contributed by atoms with van der Waals surface area (Å²) < 4.78 is 2.89. The molecule has 5 rings (SSSR count). The van der Waals surface area contributed by atoms with Crippen molar-refractivity contribution in [3.05, 3.63) is 105 Å². The number of nitrogens with zero attached hydrogens (tertiary/aromatic N) is 5. The quantitative estimate of drug-likeness (QED) is 0.389. The van der Waals surface area contributed by atoms with E-state index >= 15 is 0 Å². The van der Waals surface area contributed by atoms with Gasteiger partial charge in [0.25, 0.3) is 5.56 Å². The lowest BCUT2D eigenvalue weighted by Crippen LogP contribution is -2.43. The average molecular weight is 542 g/mol. The van der Waals surface area contributed by atoms with Crippen molar-refractivity contribution in [1.82, 2.24) is 24.2 Å². The molecule has 1 fully saturated rings. The Morgan fingerprint density at radius 1 is 1.02 bits per heavy atom. The molecule has 2 amide bonds. The number of anilines is 1. The fraction of sp³-hybridized carbons (Fsp3) is 0.300. The standard InChI is InChI=1S/C20H22N6O3.C8H7N.C2H6/c1-24-11-5-8-16(18(24)27)21-19(28)25-12-9-15(10-13-25)26-20(29)22-17(23-26)14-6-3-2-4-7-14;1-7-3-2-4-8(5-7)6-9;1-2/h2-8,11,15H,9-10,12-13H2,1H3,(H,21,28)(H,22,23,29);2-5H,1H3;1-2H3. The zero-order valence-corrected chi connectivity index (χ0v) is 23.3. The highest BCUT2D eigenvalue weighted by molar-refractivity contribution is 5.89. The first-order chi connectivity index (χ1) is 19.4. The first kappa shape index (κ1) is 29.6. The van der Waals surface area contributed by atoms with E-state index in [4.69, 9.17) is 5.26 Å². The Hall–Kier alpha value is -4.91. The number of aromatic amines is 1. The van der Waals surface area contributed by atoms with Crippen molar-refractivity contribution in [3.63, 3.8) is 0 Å². The molecule has 10 heteroatoms. The number of piperidine rings is 1. The number of carbonyl (C=O) groups is 1. The Balaban J connectivity index is 0.000000339. The van der Waals surface area contributed by atoms with Gasteiger partial charge in [0.2, 0.25) is 0 Å². The molecule has 0 unspecified atom stereocenters. The van der Waals surface area contributed by atoms with Crippen LogP contribution >= 0.6 is 0 Å². The lowest BCUT2D eigenvalue weighted by atomic mass is 10.1. The molecule has 40 heavy (non-hydrogen) atoms. The number of nitriles is 1. The van der Waals surface area contributed by atoms with E-state index in [1.807, 2.05) is 69.3 Å². The second-order valence-corrected chi connectivity index (χ2v) is 9.06. The van der Waals surface area contributed by atoms with Crippen LogP contribution < -0.4 is 16.6 Å². The number of hydrogen-bond acceptors (Lipinski definition) is 5. The van der Waals surface area contributed by atoms with Crippen LogP contribution in [0.5, 0.6) is 0 Å². The molecule has 2 aromatic heterocycles. The summed E-state index contributed by atoms with van der Waals surface area (Å²) in [5.41, 5.74) is 2.46. The number of aryl methyl sites for hydroxylation is 2. The summed E-state index contributed by atoms with van der Waals surface area (Å²) in [4.78, 5) is 41.4. The molecule has 1 aliphatic heterocycles. The van der Waals surface area contributed by atoms with Crippen LogP contribution in [0.1, 0.15) is 43.9 Å². The normalized spacial score (nSPS) is 12.7. The number of likely N-dealkylation sites (tertiary alicyclic amines) is 1. The molecule has 0 spiro atoms. The van der Waals surface area contributed by atoms with Crippen LogP contribution in [-0.2, 0) is 7.05 Å². The molecule has 4 aromatic rings. The van der Waals surface area contributed by atoms with Crippen molar-refractivity contribution < 1.29 is 4.79 Å². The summed E-state index contributed by atoms with van der Waals surface area (Å²) in [6.07, 6.45) is 2.85. The van der Waals surface area contributed by atoms with Gasteiger partial charge in [-0.25, -0.2) is 14.3 Å². The SMILES string of the molecule is CC.Cc1cccc(C#N)c1.Cn1cccc(NC(=O)N2CCC(n3nc(-c4ccccc4)[nH]c3=O)CC2)c1=O. The van der Waals surface area contributed by atoms with Gasteiger partial charge >= 0.3 is 11.7 Å². The van der Waals surface area contributed by atoms with Crippen LogP contribution in [0, 0.1) is 18.3 Å². The Bertz CT molecular complexity index is 1560. The fourth-order valence-corrected chi connectivity index (χ4v) is 4.22. The number of nitrogens with one attached hydrogen (secondary N) is 2. The van der Waals surface area contributed by atoms with E-state index in [0.29, 0.717) is 31.8 Å². The van der Waals surface area contributed by atoms with E-state index < -0.39 is 0 Å². The summed E-state index contributed by atoms with van der Waals surface area (Å²) in [5, 5.41) is 15.5. The molecular weight excluding hydrogens is 506 g/mol. The Labute approximate surface area is 233 Å². The molecule has 10 nitrogen and oxygen atoms in total. The summed E-state index contributed by atoms with van der Waals surface area (Å²) in [5.74, 6) is 0.538. The van der Waals surface area contributed by atoms with Crippen molar-refractivity contribution in [2.45, 2.75) is 39.7 Å². The summed E-state index contributed by atoms with van der Waals surface area (Å²) in [7, 11) is 1.63. The minimum absolute atomic E-state index is 0.0788. The molecule has 2 aromatic carbocycles. The maximum Gasteiger partial charge on any atom is 0.343 e. The summed E-state index contributed by atoms with van der Waals surface area (Å²) >= 11 is 0. The van der Waals surface area contributed by atoms with Crippen LogP contribution in [0.15, 0.2) is 82.5 Å². The number of amides is 2. The predicted octanol–water partition coefficient (Wildman–Crippen LogP) is 4.70. The van der Waals surface area contributed by atoms with E-state index in [1.165, 1.54) is 9.25 Å². The van der Waals surface area contributed by atoms with E-state index in [1.54, 1.807) is 36.3 Å². The van der Waals surface area contributed by atoms with Crippen LogP contribution in [0.3, 0.4) is 0 Å². The third-order valence-electron chi connectivity index (χ3n) is 6.30. The number of urea groups is 1. The van der Waals surface area contributed by atoms with Gasteiger partial charge in [-0.3, -0.25) is 9.78 Å². The molecule has 208 valence electrons. The topological polar surface area (TPSA) is 129 Å². The number of H-pyrrole nitrogens is 1. The molecule has 2 N–H and O–H groups in total. The van der Waals surface area contributed by atoms with Gasteiger partial charge in [-0.1, -0.05) is 56.3 Å². The zero-order valence-electron chi connectivity index (χ0n) is 23.3. The Morgan fingerprint density at radius 2 is 1.73 bits per heavy atom. The maximum atomic E-state index is 12.5. The van der Waals surface area contributed by atoms with E-state index in [2.05, 4.69) is 21.5 Å². The highest BCUT2D eigenvalue weighted by Gasteiger charge is 2.26. The monoisotopic (exact) mass is 541 g/mol. The molecule has 0 radical (unpaired) electrons. The number of rotatable bonds is 3. The van der Waals surface area contributed by atoms with E-state index in [9.17, 15) is 14.4 Å². The van der Waals surface area contributed by atoms with Gasteiger partial charge in [0.05, 0.1) is 17.7 Å². The van der Waals surface area contributed by atoms with Crippen molar-refractivity contribution in [2.24, 2.45) is 7.05 Å². The lowest BCUT2D eigenvalue weighted by molar-refractivity contribution is 0.179. The van der Waals surface area contributed by atoms with Crippen LogP contribution in [0.25, 0.3) is 11.4 Å². The van der Waals surface area contributed by atoms with Crippen molar-refractivity contribution in [2.75, 3.05) is 18.4 Å². The van der Waals surface area contributed by atoms with Crippen molar-refractivity contribution in [3.8, 4) is 17.5 Å². The van der Waals surface area contributed by atoms with E-state index in [-0.39, 0.29) is 29.0 Å². The third kappa shape index (κ3) is 7.57. The number of carbonyl (C=O) groups excluding carboxylic acids is 1. The van der Waals surface area contributed by atoms with E-state index in [0.717, 1.165) is 16.7 Å². The first-order valence-corrected chi connectivity index (χ1v) is 13.3. The second kappa shape index (κ2) is 14.3. The minimum atomic E-state index is -0.314. The van der Waals surface area contributed by atoms with Gasteiger partial charge in [-0.2, -0.15) is 5.26 Å². The molecule has 0 saturated carbocycles. The molecule has 1 saturated heterocycles. The van der Waals surface area contributed by atoms with Gasteiger partial charge in [0.1, 0.15) is 5.69 Å². The summed E-state index contributed by atoms with van der Waals surface area (Å²) in [6, 6.07) is 22.0. The Kier molecular flexibility index (Phi) is 10.6. The van der Waals surface area contributed by atoms with Gasteiger partial charge < -0.3 is 14.8 Å². The zero-order chi connectivity index (χ0) is 29.1. The predicted molar refractivity (Wildman–Crippen MR) is 156 cm³/mol. The fourth-order valence-electron chi connectivity index (χ4n) is 4.22. The molecule has 3 heterocycles. The highest BCUT2D eigenvalue weighted by atomic mass is 16.2. The number of benzene rings is 2. The third-order valence-corrected chi connectivity index (χ3v) is 6.30. The second-order valence-electron chi connectivity index (χ2n) is 9.06. The summed E-state index contributed by atoms with van der Waals surface area (Å²) in [6.45, 7) is 6.92. The molecule has 1 aliphatic rings. The molecule has 0 atom stereocenters. The van der Waals surface area contributed by atoms with Gasteiger partial charge in [0.15, 0.2) is 5.82 Å². The number of hydrogen-bond donors (Lipinski definition) is 2. The Morgan fingerprint density at radius 3 is 2.35 bits per heavy atom. The minimum Gasteiger partial charge on any atom is -0.324 e. The van der Waals surface area contributed by atoms with Gasteiger partial charge in [0, 0.05) is 31.9 Å². The van der Waals surface area contributed by atoms with Crippen LogP contribution in [-0.4, -0.2) is 43.4 Å². The smallest absolute Gasteiger partial charge is 0.324 e. The maximum absolute atomic E-state index is 12.5.